The first kappa shape index (κ1) is 13.7. The first-order valence-corrected chi connectivity index (χ1v) is 6.72. The summed E-state index contributed by atoms with van der Waals surface area (Å²) in [6.45, 7) is 0.701. The first-order valence-electron chi connectivity index (χ1n) is 6.72. The fourth-order valence-electron chi connectivity index (χ4n) is 2.85. The number of nitrogens with one attached hydrogen (secondary N) is 1. The molecule has 1 fully saturated rings. The van der Waals surface area contributed by atoms with Gasteiger partial charge in [-0.25, -0.2) is 4.39 Å². The highest BCUT2D eigenvalue weighted by atomic mass is 19.1. The summed E-state index contributed by atoms with van der Waals surface area (Å²) in [6, 6.07) is 0. The molecule has 2 aliphatic heterocycles. The molecule has 5 nitrogen and oxygen atoms in total. The Morgan fingerprint density at radius 3 is 3.14 bits per heavy atom. The van der Waals surface area contributed by atoms with Gasteiger partial charge in [-0.05, 0) is 0 Å². The quantitative estimate of drug-likeness (QED) is 0.462. The molecular weight excluding hydrogens is 277 g/mol. The van der Waals surface area contributed by atoms with Gasteiger partial charge in [-0.1, -0.05) is 11.8 Å². The summed E-state index contributed by atoms with van der Waals surface area (Å²) in [5.74, 6) is 2.21. The van der Waals surface area contributed by atoms with Crippen LogP contribution in [0, 0.1) is 29.6 Å². The zero-order valence-electron chi connectivity index (χ0n) is 11.4. The van der Waals surface area contributed by atoms with Crippen molar-refractivity contribution in [3.8, 4) is 11.8 Å². The van der Waals surface area contributed by atoms with Crippen LogP contribution in [-0.2, 0) is 19.1 Å². The van der Waals surface area contributed by atoms with Gasteiger partial charge < -0.3 is 14.8 Å². The highest BCUT2D eigenvalue weighted by Crippen LogP contribution is 2.35. The molecule has 0 saturated carbocycles. The minimum Gasteiger partial charge on any atom is -0.492 e. The van der Waals surface area contributed by atoms with Gasteiger partial charge in [-0.3, -0.25) is 9.59 Å². The molecule has 2 unspecified atom stereocenters. The topological polar surface area (TPSA) is 64.6 Å². The normalized spacial score (nSPS) is 30.5. The summed E-state index contributed by atoms with van der Waals surface area (Å²) in [6.07, 6.45) is 1.96. The smallest absolute Gasteiger partial charge is 0.318 e. The molecule has 0 radical (unpaired) electrons. The lowest BCUT2D eigenvalue weighted by atomic mass is 9.83. The molecular formula is C15H14FNO4. The maximum Gasteiger partial charge on any atom is 0.318 e. The monoisotopic (exact) mass is 291 g/mol. The molecule has 1 aliphatic carbocycles. The van der Waals surface area contributed by atoms with E-state index < -0.39 is 35.5 Å². The Morgan fingerprint density at radius 2 is 2.38 bits per heavy atom. The Hall–Kier alpha value is -2.29. The van der Waals surface area contributed by atoms with E-state index in [0.29, 0.717) is 18.8 Å². The second-order valence-corrected chi connectivity index (χ2v) is 5.13. The number of hydrogen-bond acceptors (Lipinski definition) is 4. The van der Waals surface area contributed by atoms with E-state index in [2.05, 4.69) is 21.9 Å². The van der Waals surface area contributed by atoms with Crippen molar-refractivity contribution in [2.75, 3.05) is 20.3 Å². The third kappa shape index (κ3) is 2.29. The van der Waals surface area contributed by atoms with E-state index in [1.807, 2.05) is 0 Å². The molecule has 21 heavy (non-hydrogen) atoms. The maximum absolute atomic E-state index is 14.4. The van der Waals surface area contributed by atoms with E-state index in [4.69, 9.17) is 4.74 Å². The third-order valence-electron chi connectivity index (χ3n) is 3.96. The molecule has 1 N–H and O–H groups in total. The van der Waals surface area contributed by atoms with Gasteiger partial charge in [-0.15, -0.1) is 0 Å². The van der Waals surface area contributed by atoms with Crippen LogP contribution in [0.2, 0.25) is 0 Å². The average Bonchev–Trinajstić information content (AvgIpc) is 3.02. The van der Waals surface area contributed by atoms with Gasteiger partial charge in [0.1, 0.15) is 17.5 Å². The summed E-state index contributed by atoms with van der Waals surface area (Å²) < 4.78 is 24.4. The Morgan fingerprint density at radius 1 is 1.57 bits per heavy atom. The van der Waals surface area contributed by atoms with Gasteiger partial charge in [0, 0.05) is 30.5 Å². The number of rotatable bonds is 2. The van der Waals surface area contributed by atoms with Crippen molar-refractivity contribution in [1.82, 2.24) is 5.32 Å². The van der Waals surface area contributed by atoms with Crippen LogP contribution in [-0.4, -0.2) is 32.1 Å². The van der Waals surface area contributed by atoms with Crippen molar-refractivity contribution in [3.63, 3.8) is 0 Å². The van der Waals surface area contributed by atoms with Crippen LogP contribution in [0.1, 0.15) is 6.42 Å². The summed E-state index contributed by atoms with van der Waals surface area (Å²) in [5.41, 5.74) is 0.763. The summed E-state index contributed by atoms with van der Waals surface area (Å²) in [7, 11) is 1.21. The molecule has 0 spiro atoms. The number of ether oxygens (including phenoxy) is 2. The van der Waals surface area contributed by atoms with E-state index in [1.165, 1.54) is 13.2 Å². The lowest BCUT2D eigenvalue weighted by molar-refractivity contribution is -0.150. The van der Waals surface area contributed by atoms with E-state index >= 15 is 0 Å². The fraction of sp³-hybridized carbons (Fsp3) is 0.467. The van der Waals surface area contributed by atoms with Gasteiger partial charge in [0.05, 0.1) is 19.6 Å². The molecule has 3 rings (SSSR count). The third-order valence-corrected chi connectivity index (χ3v) is 3.96. The number of halogens is 1. The lowest BCUT2D eigenvalue weighted by Crippen LogP contribution is -2.32. The van der Waals surface area contributed by atoms with Crippen molar-refractivity contribution in [3.05, 3.63) is 23.2 Å². The largest absolute Gasteiger partial charge is 0.492 e. The van der Waals surface area contributed by atoms with Crippen LogP contribution in [0.5, 0.6) is 0 Å². The van der Waals surface area contributed by atoms with Crippen LogP contribution in [0.25, 0.3) is 0 Å². The minimum atomic E-state index is -1.03. The second-order valence-electron chi connectivity index (χ2n) is 5.13. The van der Waals surface area contributed by atoms with Gasteiger partial charge in [0.15, 0.2) is 0 Å². The lowest BCUT2D eigenvalue weighted by Gasteiger charge is -2.19. The first-order chi connectivity index (χ1) is 10.1. The standard InChI is InChI=1S/C15H14FNO4/c1-20-15(19)13-10(7-17-14(13)18)9-3-2-8-4-5-21-12(8)6-11(9)16/h6,9-10,13H,4-5,7H2,1H3,(H,17,18)/t9?,10?,13-/m0/s1. The SMILES string of the molecule is COC(=O)[C@@H]1C(=O)NCC1C1C#CC2=C(C=C1F)OCC2. The molecule has 6 heteroatoms. The number of amides is 1. The van der Waals surface area contributed by atoms with Gasteiger partial charge in [0.25, 0.3) is 0 Å². The molecule has 3 atom stereocenters. The summed E-state index contributed by atoms with van der Waals surface area (Å²) >= 11 is 0. The molecule has 110 valence electrons. The van der Waals surface area contributed by atoms with Crippen molar-refractivity contribution in [2.45, 2.75) is 6.42 Å². The van der Waals surface area contributed by atoms with Crippen molar-refractivity contribution < 1.29 is 23.5 Å². The number of carbonyl (C=O) groups is 2. The molecule has 0 aromatic carbocycles. The van der Waals surface area contributed by atoms with Crippen LogP contribution in [0.4, 0.5) is 4.39 Å². The number of esters is 1. The number of methoxy groups -OCH3 is 1. The molecule has 1 saturated heterocycles. The van der Waals surface area contributed by atoms with Gasteiger partial charge in [0.2, 0.25) is 5.91 Å². The van der Waals surface area contributed by atoms with E-state index in [9.17, 15) is 14.0 Å². The summed E-state index contributed by atoms with van der Waals surface area (Å²) in [4.78, 5) is 23.5. The van der Waals surface area contributed by atoms with Crippen molar-refractivity contribution in [1.29, 1.82) is 0 Å². The van der Waals surface area contributed by atoms with Crippen LogP contribution in [0.15, 0.2) is 23.2 Å². The van der Waals surface area contributed by atoms with E-state index in [-0.39, 0.29) is 6.54 Å². The van der Waals surface area contributed by atoms with Crippen molar-refractivity contribution in [2.24, 2.45) is 17.8 Å². The molecule has 2 heterocycles. The van der Waals surface area contributed by atoms with Crippen LogP contribution >= 0.6 is 0 Å². The van der Waals surface area contributed by atoms with Gasteiger partial charge >= 0.3 is 5.97 Å². The zero-order chi connectivity index (χ0) is 15.0. The maximum atomic E-state index is 14.4. The zero-order valence-corrected chi connectivity index (χ0v) is 11.4. The molecule has 0 aromatic heterocycles. The predicted octanol–water partition coefficient (Wildman–Crippen LogP) is 0.683. The predicted molar refractivity (Wildman–Crippen MR) is 70.1 cm³/mol. The molecule has 0 bridgehead atoms. The van der Waals surface area contributed by atoms with Crippen molar-refractivity contribution >= 4 is 11.9 Å². The second kappa shape index (κ2) is 5.24. The number of allylic oxidation sites excluding steroid dienone is 2. The number of carbonyl (C=O) groups excluding carboxylic acids is 2. The highest BCUT2D eigenvalue weighted by Gasteiger charge is 2.46. The number of hydrogen-bond donors (Lipinski definition) is 1. The molecule has 0 aromatic rings. The van der Waals surface area contributed by atoms with Crippen LogP contribution < -0.4 is 5.32 Å². The molecule has 1 amide bonds. The highest BCUT2D eigenvalue weighted by molar-refractivity contribution is 5.99. The average molecular weight is 291 g/mol. The molecule has 3 aliphatic rings. The Labute approximate surface area is 121 Å². The minimum absolute atomic E-state index is 0.199. The Kier molecular flexibility index (Phi) is 3.42. The summed E-state index contributed by atoms with van der Waals surface area (Å²) in [5, 5.41) is 2.58. The Balaban J connectivity index is 1.91. The fourth-order valence-corrected chi connectivity index (χ4v) is 2.85. The van der Waals surface area contributed by atoms with E-state index in [0.717, 1.165) is 5.57 Å². The van der Waals surface area contributed by atoms with Gasteiger partial charge in [-0.2, -0.15) is 0 Å². The Bertz CT molecular complexity index is 625. The van der Waals surface area contributed by atoms with Crippen LogP contribution in [0.3, 0.4) is 0 Å². The van der Waals surface area contributed by atoms with E-state index in [1.54, 1.807) is 0 Å².